The number of anilines is 1. The molecular weight excluding hydrogens is 403 g/mol. The minimum absolute atomic E-state index is 0.522. The minimum Gasteiger partial charge on any atom is -0.386 e. The number of pyridine rings is 1. The molecule has 1 N–H and O–H groups in total. The number of thiophene rings is 1. The summed E-state index contributed by atoms with van der Waals surface area (Å²) in [5.41, 5.74) is 2.41. The number of hydrogen-bond donors (Lipinski definition) is 1. The van der Waals surface area contributed by atoms with E-state index in [1.165, 1.54) is 23.5 Å². The van der Waals surface area contributed by atoms with E-state index in [1.54, 1.807) is 24.5 Å². The molecule has 0 aliphatic rings. The number of benzene rings is 1. The fourth-order valence-electron chi connectivity index (χ4n) is 3.16. The fraction of sp³-hybridized carbons (Fsp3) is 0.200. The van der Waals surface area contributed by atoms with Gasteiger partial charge in [0.15, 0.2) is 0 Å². The van der Waals surface area contributed by atoms with Crippen molar-refractivity contribution < 1.29 is 13.2 Å². The highest BCUT2D eigenvalue weighted by Gasteiger charge is 2.31. The first-order chi connectivity index (χ1) is 13.3. The van der Waals surface area contributed by atoms with Crippen molar-refractivity contribution in [1.82, 2.24) is 9.97 Å². The molecule has 4 rings (SSSR count). The van der Waals surface area contributed by atoms with Gasteiger partial charge in [-0.1, -0.05) is 12.1 Å². The Morgan fingerprint density at radius 2 is 1.75 bits per heavy atom. The number of halogens is 3. The van der Waals surface area contributed by atoms with Gasteiger partial charge in [0.25, 0.3) is 0 Å². The van der Waals surface area contributed by atoms with Gasteiger partial charge in [-0.3, -0.25) is 0 Å². The van der Waals surface area contributed by atoms with Crippen LogP contribution in [0.3, 0.4) is 0 Å². The SMILES string of the molecule is CNc1c(-c2cccc(C(F)(F)F)c2)sc2nc(-c3sc(C)nc3C)ccc12. The number of aromatic nitrogens is 2. The lowest BCUT2D eigenvalue weighted by atomic mass is 10.1. The number of fused-ring (bicyclic) bond motifs is 1. The summed E-state index contributed by atoms with van der Waals surface area (Å²) in [6.45, 7) is 3.90. The summed E-state index contributed by atoms with van der Waals surface area (Å²) in [6.07, 6.45) is -4.38. The monoisotopic (exact) mass is 419 g/mol. The van der Waals surface area contributed by atoms with Gasteiger partial charge in [0.2, 0.25) is 0 Å². The van der Waals surface area contributed by atoms with Crippen LogP contribution in [0.2, 0.25) is 0 Å². The van der Waals surface area contributed by atoms with Crippen LogP contribution < -0.4 is 5.32 Å². The zero-order chi connectivity index (χ0) is 20.1. The molecule has 0 aliphatic carbocycles. The Bertz CT molecular complexity index is 1180. The first kappa shape index (κ1) is 18.9. The van der Waals surface area contributed by atoms with Crippen LogP contribution in [0.5, 0.6) is 0 Å². The van der Waals surface area contributed by atoms with Crippen molar-refractivity contribution in [2.24, 2.45) is 0 Å². The van der Waals surface area contributed by atoms with Gasteiger partial charge in [0.05, 0.1) is 37.4 Å². The maximum Gasteiger partial charge on any atom is 0.416 e. The van der Waals surface area contributed by atoms with E-state index >= 15 is 0 Å². The zero-order valence-corrected chi connectivity index (χ0v) is 16.9. The Labute approximate surface area is 167 Å². The van der Waals surface area contributed by atoms with Gasteiger partial charge >= 0.3 is 6.18 Å². The first-order valence-corrected chi connectivity index (χ1v) is 10.1. The van der Waals surface area contributed by atoms with Crippen molar-refractivity contribution in [1.29, 1.82) is 0 Å². The normalized spacial score (nSPS) is 11.9. The van der Waals surface area contributed by atoms with Crippen LogP contribution in [0, 0.1) is 13.8 Å². The molecule has 8 heteroatoms. The quantitative estimate of drug-likeness (QED) is 0.398. The number of nitrogens with zero attached hydrogens (tertiary/aromatic N) is 2. The van der Waals surface area contributed by atoms with E-state index in [2.05, 4.69) is 10.3 Å². The Kier molecular flexibility index (Phi) is 4.63. The second-order valence-electron chi connectivity index (χ2n) is 6.33. The first-order valence-electron chi connectivity index (χ1n) is 8.51. The molecule has 0 unspecified atom stereocenters. The van der Waals surface area contributed by atoms with Crippen molar-refractivity contribution >= 4 is 38.6 Å². The number of nitrogens with one attached hydrogen (secondary N) is 1. The molecule has 0 amide bonds. The van der Waals surface area contributed by atoms with Gasteiger partial charge in [-0.2, -0.15) is 13.2 Å². The van der Waals surface area contributed by atoms with Gasteiger partial charge in [-0.15, -0.1) is 22.7 Å². The number of thiazole rings is 1. The van der Waals surface area contributed by atoms with Crippen molar-refractivity contribution in [3.63, 3.8) is 0 Å². The third kappa shape index (κ3) is 3.27. The molecule has 0 bridgehead atoms. The highest BCUT2D eigenvalue weighted by molar-refractivity contribution is 7.22. The summed E-state index contributed by atoms with van der Waals surface area (Å²) in [5, 5.41) is 4.99. The van der Waals surface area contributed by atoms with Crippen LogP contribution in [0.1, 0.15) is 16.3 Å². The number of aryl methyl sites for hydroxylation is 2. The van der Waals surface area contributed by atoms with Crippen LogP contribution in [0.15, 0.2) is 36.4 Å². The summed E-state index contributed by atoms with van der Waals surface area (Å²) in [4.78, 5) is 11.8. The molecule has 0 aliphatic heterocycles. The second-order valence-corrected chi connectivity index (χ2v) is 8.53. The van der Waals surface area contributed by atoms with Crippen molar-refractivity contribution in [3.05, 3.63) is 52.7 Å². The molecule has 3 heterocycles. The Morgan fingerprint density at radius 1 is 0.964 bits per heavy atom. The Morgan fingerprint density at radius 3 is 2.39 bits per heavy atom. The molecule has 3 nitrogen and oxygen atoms in total. The summed E-state index contributed by atoms with van der Waals surface area (Å²) >= 11 is 2.97. The lowest BCUT2D eigenvalue weighted by molar-refractivity contribution is -0.137. The van der Waals surface area contributed by atoms with Gasteiger partial charge in [0.1, 0.15) is 4.83 Å². The average molecular weight is 419 g/mol. The molecule has 144 valence electrons. The highest BCUT2D eigenvalue weighted by Crippen LogP contribution is 2.44. The van der Waals surface area contributed by atoms with Crippen LogP contribution in [0.25, 0.3) is 31.2 Å². The molecule has 0 spiro atoms. The van der Waals surface area contributed by atoms with Gasteiger partial charge < -0.3 is 5.32 Å². The highest BCUT2D eigenvalue weighted by atomic mass is 32.1. The molecule has 28 heavy (non-hydrogen) atoms. The second kappa shape index (κ2) is 6.86. The van der Waals surface area contributed by atoms with E-state index in [0.717, 1.165) is 48.1 Å². The number of hydrogen-bond acceptors (Lipinski definition) is 5. The van der Waals surface area contributed by atoms with E-state index in [1.807, 2.05) is 26.0 Å². The maximum absolute atomic E-state index is 13.1. The number of rotatable bonds is 3. The summed E-state index contributed by atoms with van der Waals surface area (Å²) < 4.78 is 39.4. The molecule has 0 saturated heterocycles. The topological polar surface area (TPSA) is 37.8 Å². The zero-order valence-electron chi connectivity index (χ0n) is 15.3. The lowest BCUT2D eigenvalue weighted by Crippen LogP contribution is -2.04. The number of alkyl halides is 3. The fourth-order valence-corrected chi connectivity index (χ4v) is 5.23. The third-order valence-corrected chi connectivity index (χ3v) is 6.64. The third-order valence-electron chi connectivity index (χ3n) is 4.39. The molecule has 0 atom stereocenters. The van der Waals surface area contributed by atoms with Gasteiger partial charge in [-0.05, 0) is 43.7 Å². The largest absolute Gasteiger partial charge is 0.416 e. The smallest absolute Gasteiger partial charge is 0.386 e. The maximum atomic E-state index is 13.1. The van der Waals surface area contributed by atoms with E-state index < -0.39 is 11.7 Å². The van der Waals surface area contributed by atoms with Crippen LogP contribution >= 0.6 is 22.7 Å². The summed E-state index contributed by atoms with van der Waals surface area (Å²) in [5.74, 6) is 0. The Balaban J connectivity index is 1.87. The molecule has 3 aromatic heterocycles. The van der Waals surface area contributed by atoms with E-state index in [9.17, 15) is 13.2 Å². The molecule has 0 saturated carbocycles. The molecule has 4 aromatic rings. The molecule has 1 aromatic carbocycles. The van der Waals surface area contributed by atoms with Gasteiger partial charge in [-0.25, -0.2) is 9.97 Å². The molecule has 0 fully saturated rings. The van der Waals surface area contributed by atoms with Crippen LogP contribution in [-0.4, -0.2) is 17.0 Å². The Hall–Kier alpha value is -2.45. The van der Waals surface area contributed by atoms with E-state index in [0.29, 0.717) is 5.56 Å². The summed E-state index contributed by atoms with van der Waals surface area (Å²) in [7, 11) is 1.77. The van der Waals surface area contributed by atoms with Crippen LogP contribution in [0.4, 0.5) is 18.9 Å². The van der Waals surface area contributed by atoms with E-state index in [-0.39, 0.29) is 0 Å². The van der Waals surface area contributed by atoms with Gasteiger partial charge in [0, 0.05) is 12.4 Å². The van der Waals surface area contributed by atoms with Crippen molar-refractivity contribution in [3.8, 4) is 21.0 Å². The van der Waals surface area contributed by atoms with Crippen molar-refractivity contribution in [2.45, 2.75) is 20.0 Å². The summed E-state index contributed by atoms with van der Waals surface area (Å²) in [6, 6.07) is 9.30. The molecular formula is C20H16F3N3S2. The minimum atomic E-state index is -4.38. The lowest BCUT2D eigenvalue weighted by Gasteiger charge is -2.09. The van der Waals surface area contributed by atoms with Crippen molar-refractivity contribution in [2.75, 3.05) is 12.4 Å². The predicted octanol–water partition coefficient (Wildman–Crippen LogP) is 6.76. The molecule has 0 radical (unpaired) electrons. The predicted molar refractivity (Wildman–Crippen MR) is 110 cm³/mol. The standard InChI is InChI=1S/C20H16F3N3S2/c1-10-17(27-11(2)25-10)15-8-7-14-16(24-3)18(28-19(14)26-15)12-5-4-6-13(9-12)20(21,22)23/h4-9,24H,1-3H3. The average Bonchev–Trinajstić information content (AvgIpc) is 3.19. The van der Waals surface area contributed by atoms with Crippen LogP contribution in [-0.2, 0) is 6.18 Å². The van der Waals surface area contributed by atoms with E-state index in [4.69, 9.17) is 4.98 Å².